The van der Waals surface area contributed by atoms with Gasteiger partial charge < -0.3 is 14.2 Å². The van der Waals surface area contributed by atoms with E-state index in [2.05, 4.69) is 26.2 Å². The maximum Gasteiger partial charge on any atom is 0.250 e. The molecule has 0 unspecified atom stereocenters. The molecule has 1 aromatic heterocycles. The van der Waals surface area contributed by atoms with Crippen molar-refractivity contribution in [2.24, 2.45) is 0 Å². The highest BCUT2D eigenvalue weighted by Crippen LogP contribution is 2.36. The molecule has 27 heavy (non-hydrogen) atoms. The van der Waals surface area contributed by atoms with Crippen LogP contribution in [0.1, 0.15) is 5.56 Å². The number of hydrogen-bond donors (Lipinski definition) is 1. The molecular formula is C19H17BrN2O4S. The summed E-state index contributed by atoms with van der Waals surface area (Å²) in [4.78, 5) is 16.7. The molecule has 0 radical (unpaired) electrons. The van der Waals surface area contributed by atoms with Gasteiger partial charge in [-0.3, -0.25) is 10.1 Å². The van der Waals surface area contributed by atoms with Crippen molar-refractivity contribution in [3.05, 3.63) is 46.4 Å². The highest BCUT2D eigenvalue weighted by atomic mass is 79.9. The highest BCUT2D eigenvalue weighted by molar-refractivity contribution is 9.10. The first-order valence-electron chi connectivity index (χ1n) is 7.90. The number of amides is 1. The molecule has 1 N–H and O–H groups in total. The molecule has 0 fully saturated rings. The zero-order valence-electron chi connectivity index (χ0n) is 14.9. The van der Waals surface area contributed by atoms with Gasteiger partial charge in [0.05, 0.1) is 30.5 Å². The Morgan fingerprint density at radius 1 is 1.15 bits per heavy atom. The van der Waals surface area contributed by atoms with Crippen molar-refractivity contribution < 1.29 is 19.0 Å². The minimum atomic E-state index is -0.279. The van der Waals surface area contributed by atoms with Gasteiger partial charge in [0.2, 0.25) is 5.91 Å². The van der Waals surface area contributed by atoms with Gasteiger partial charge in [-0.15, -0.1) is 0 Å². The Morgan fingerprint density at radius 3 is 2.63 bits per heavy atom. The Bertz CT molecular complexity index is 1020. The summed E-state index contributed by atoms with van der Waals surface area (Å²) in [6, 6.07) is 9.29. The molecule has 0 saturated heterocycles. The first-order valence-corrected chi connectivity index (χ1v) is 9.50. The molecular weight excluding hydrogens is 432 g/mol. The number of ether oxygens (including phenoxy) is 3. The predicted octanol–water partition coefficient (Wildman–Crippen LogP) is 4.74. The minimum Gasteiger partial charge on any atom is -0.494 e. The summed E-state index contributed by atoms with van der Waals surface area (Å²) < 4.78 is 17.6. The number of fused-ring (bicyclic) bond motifs is 1. The van der Waals surface area contributed by atoms with Crippen molar-refractivity contribution in [2.45, 2.75) is 0 Å². The zero-order chi connectivity index (χ0) is 19.4. The van der Waals surface area contributed by atoms with Crippen molar-refractivity contribution in [1.29, 1.82) is 0 Å². The second-order valence-corrected chi connectivity index (χ2v) is 7.27. The van der Waals surface area contributed by atoms with Crippen LogP contribution in [-0.2, 0) is 4.79 Å². The fourth-order valence-electron chi connectivity index (χ4n) is 2.49. The fraction of sp³-hybridized carbons (Fsp3) is 0.158. The smallest absolute Gasteiger partial charge is 0.250 e. The fourth-order valence-corrected chi connectivity index (χ4v) is 4.00. The largest absolute Gasteiger partial charge is 0.494 e. The van der Waals surface area contributed by atoms with E-state index >= 15 is 0 Å². The normalized spacial score (nSPS) is 11.0. The molecule has 3 rings (SSSR count). The number of aromatic nitrogens is 1. The average molecular weight is 449 g/mol. The molecule has 0 atom stereocenters. The van der Waals surface area contributed by atoms with Crippen LogP contribution in [0.5, 0.6) is 17.2 Å². The van der Waals surface area contributed by atoms with Gasteiger partial charge in [-0.2, -0.15) is 0 Å². The average Bonchev–Trinajstić information content (AvgIpc) is 3.08. The number of hydrogen-bond acceptors (Lipinski definition) is 6. The second kappa shape index (κ2) is 8.41. The standard InChI is InChI=1S/C19H17BrN2O4S/c1-24-13-5-4-6-15-17(13)22-19(27-15)21-16(23)8-7-11-9-12(20)18(26-3)14(10-11)25-2/h4-10H,1-3H3,(H,21,22,23)/b8-7+. The zero-order valence-corrected chi connectivity index (χ0v) is 17.3. The van der Waals surface area contributed by atoms with Gasteiger partial charge in [0.25, 0.3) is 0 Å². The molecule has 2 aromatic carbocycles. The number of para-hydroxylation sites is 1. The molecule has 0 aliphatic heterocycles. The van der Waals surface area contributed by atoms with Gasteiger partial charge in [-0.05, 0) is 51.8 Å². The molecule has 0 aliphatic carbocycles. The molecule has 140 valence electrons. The Hall–Kier alpha value is -2.58. The van der Waals surface area contributed by atoms with Crippen LogP contribution in [0.2, 0.25) is 0 Å². The van der Waals surface area contributed by atoms with E-state index in [1.807, 2.05) is 24.3 Å². The van der Waals surface area contributed by atoms with Crippen LogP contribution in [0.25, 0.3) is 16.3 Å². The van der Waals surface area contributed by atoms with Crippen molar-refractivity contribution in [3.8, 4) is 17.2 Å². The predicted molar refractivity (Wildman–Crippen MR) is 111 cm³/mol. The lowest BCUT2D eigenvalue weighted by molar-refractivity contribution is -0.111. The number of carbonyl (C=O) groups is 1. The number of thiazole rings is 1. The third-order valence-electron chi connectivity index (χ3n) is 3.72. The molecule has 8 heteroatoms. The lowest BCUT2D eigenvalue weighted by Gasteiger charge is -2.10. The Balaban J connectivity index is 1.77. The summed E-state index contributed by atoms with van der Waals surface area (Å²) in [5.41, 5.74) is 1.52. The monoisotopic (exact) mass is 448 g/mol. The number of methoxy groups -OCH3 is 3. The summed E-state index contributed by atoms with van der Waals surface area (Å²) in [6.07, 6.45) is 3.13. The van der Waals surface area contributed by atoms with Gasteiger partial charge in [0.1, 0.15) is 11.3 Å². The number of carbonyl (C=O) groups excluding carboxylic acids is 1. The van der Waals surface area contributed by atoms with E-state index in [1.54, 1.807) is 33.5 Å². The molecule has 0 spiro atoms. The summed E-state index contributed by atoms with van der Waals surface area (Å²) in [6.45, 7) is 0. The number of rotatable bonds is 6. The van der Waals surface area contributed by atoms with E-state index in [9.17, 15) is 4.79 Å². The van der Waals surface area contributed by atoms with Crippen LogP contribution in [0.3, 0.4) is 0 Å². The highest BCUT2D eigenvalue weighted by Gasteiger charge is 2.11. The molecule has 1 amide bonds. The topological polar surface area (TPSA) is 69.7 Å². The molecule has 0 saturated carbocycles. The molecule has 6 nitrogen and oxygen atoms in total. The van der Waals surface area contributed by atoms with Gasteiger partial charge >= 0.3 is 0 Å². The van der Waals surface area contributed by atoms with E-state index in [1.165, 1.54) is 17.4 Å². The molecule has 0 bridgehead atoms. The maximum absolute atomic E-state index is 12.2. The number of halogens is 1. The summed E-state index contributed by atoms with van der Waals surface area (Å²) in [5, 5.41) is 3.29. The van der Waals surface area contributed by atoms with Crippen LogP contribution in [-0.4, -0.2) is 32.2 Å². The van der Waals surface area contributed by atoms with Gasteiger partial charge in [0.15, 0.2) is 16.6 Å². The van der Waals surface area contributed by atoms with E-state index in [0.717, 1.165) is 20.3 Å². The SMILES string of the molecule is COc1cc(/C=C/C(=O)Nc2nc3c(OC)cccc3s2)cc(Br)c1OC. The van der Waals surface area contributed by atoms with Gasteiger partial charge in [-0.25, -0.2) is 4.98 Å². The lowest BCUT2D eigenvalue weighted by atomic mass is 10.2. The maximum atomic E-state index is 12.2. The van der Waals surface area contributed by atoms with E-state index < -0.39 is 0 Å². The van der Waals surface area contributed by atoms with E-state index in [-0.39, 0.29) is 5.91 Å². The molecule has 1 heterocycles. The summed E-state index contributed by atoms with van der Waals surface area (Å²) in [7, 11) is 4.72. The second-order valence-electron chi connectivity index (χ2n) is 5.39. The summed E-state index contributed by atoms with van der Waals surface area (Å²) in [5.74, 6) is 1.57. The Morgan fingerprint density at radius 2 is 1.93 bits per heavy atom. The van der Waals surface area contributed by atoms with Crippen LogP contribution < -0.4 is 19.5 Å². The molecule has 3 aromatic rings. The first kappa shape index (κ1) is 19.2. The van der Waals surface area contributed by atoms with Crippen molar-refractivity contribution >= 4 is 54.6 Å². The van der Waals surface area contributed by atoms with E-state index in [4.69, 9.17) is 14.2 Å². The Kier molecular flexibility index (Phi) is 5.98. The van der Waals surface area contributed by atoms with Crippen LogP contribution in [0, 0.1) is 0 Å². The first-order chi connectivity index (χ1) is 13.0. The number of benzene rings is 2. The van der Waals surface area contributed by atoms with Crippen molar-refractivity contribution in [2.75, 3.05) is 26.6 Å². The summed E-state index contributed by atoms with van der Waals surface area (Å²) >= 11 is 4.82. The van der Waals surface area contributed by atoms with Gasteiger partial charge in [0, 0.05) is 6.08 Å². The minimum absolute atomic E-state index is 0.279. The third-order valence-corrected chi connectivity index (χ3v) is 5.24. The third kappa shape index (κ3) is 4.23. The van der Waals surface area contributed by atoms with Crippen molar-refractivity contribution in [1.82, 2.24) is 4.98 Å². The van der Waals surface area contributed by atoms with Crippen LogP contribution >= 0.6 is 27.3 Å². The number of anilines is 1. The molecule has 0 aliphatic rings. The van der Waals surface area contributed by atoms with E-state index in [0.29, 0.717) is 22.4 Å². The Labute approximate surface area is 168 Å². The number of nitrogens with one attached hydrogen (secondary N) is 1. The lowest BCUT2D eigenvalue weighted by Crippen LogP contribution is -2.07. The quantitative estimate of drug-likeness (QED) is 0.551. The van der Waals surface area contributed by atoms with Crippen LogP contribution in [0.15, 0.2) is 40.9 Å². The van der Waals surface area contributed by atoms with Crippen molar-refractivity contribution in [3.63, 3.8) is 0 Å². The van der Waals surface area contributed by atoms with Gasteiger partial charge in [-0.1, -0.05) is 17.4 Å². The number of nitrogens with zero attached hydrogens (tertiary/aromatic N) is 1. The van der Waals surface area contributed by atoms with Crippen LogP contribution in [0.4, 0.5) is 5.13 Å².